The van der Waals surface area contributed by atoms with Gasteiger partial charge in [0, 0.05) is 16.7 Å². The van der Waals surface area contributed by atoms with Crippen LogP contribution in [0, 0.1) is 0 Å². The van der Waals surface area contributed by atoms with Crippen molar-refractivity contribution in [2.45, 2.75) is 32.2 Å². The van der Waals surface area contributed by atoms with Gasteiger partial charge in [0.15, 0.2) is 5.78 Å². The van der Waals surface area contributed by atoms with Crippen molar-refractivity contribution < 1.29 is 9.59 Å². The number of nitrogens with zero attached hydrogens (tertiary/aromatic N) is 1. The molecular formula is C20H20N2O2. The van der Waals surface area contributed by atoms with Gasteiger partial charge < -0.3 is 5.73 Å². The molecule has 0 spiro atoms. The molecule has 0 radical (unpaired) electrons. The van der Waals surface area contributed by atoms with E-state index in [4.69, 9.17) is 10.7 Å². The third-order valence-corrected chi connectivity index (χ3v) is 4.19. The zero-order valence-electron chi connectivity index (χ0n) is 13.9. The van der Waals surface area contributed by atoms with Crippen LogP contribution in [0.15, 0.2) is 53.5 Å². The van der Waals surface area contributed by atoms with Gasteiger partial charge >= 0.3 is 0 Å². The van der Waals surface area contributed by atoms with Gasteiger partial charge in [-0.15, -0.1) is 0 Å². The Kier molecular flexibility index (Phi) is 4.06. The second-order valence-corrected chi connectivity index (χ2v) is 6.75. The number of Topliss-reactive ketones (excluding diaryl/α,β-unsaturated/α-hetero) is 1. The molecule has 2 aromatic carbocycles. The van der Waals surface area contributed by atoms with Gasteiger partial charge in [-0.3, -0.25) is 14.6 Å². The van der Waals surface area contributed by atoms with E-state index in [9.17, 15) is 9.59 Å². The predicted molar refractivity (Wildman–Crippen MR) is 94.7 cm³/mol. The molecule has 1 heterocycles. The summed E-state index contributed by atoms with van der Waals surface area (Å²) in [4.78, 5) is 28.8. The second kappa shape index (κ2) is 6.04. The Balaban J connectivity index is 2.00. The van der Waals surface area contributed by atoms with Crippen LogP contribution in [0.3, 0.4) is 0 Å². The van der Waals surface area contributed by atoms with E-state index in [0.29, 0.717) is 11.1 Å². The van der Waals surface area contributed by atoms with Gasteiger partial charge in [-0.25, -0.2) is 0 Å². The number of nitrogens with two attached hydrogens (primary N) is 1. The van der Waals surface area contributed by atoms with Gasteiger partial charge in [-0.2, -0.15) is 0 Å². The summed E-state index contributed by atoms with van der Waals surface area (Å²) in [6.07, 6.45) is 0.979. The SMILES string of the molecule is CC1(C)Cc2ccc(C(N)=O)cc2C(CC(=O)c2ccccc2)=N1. The van der Waals surface area contributed by atoms with Gasteiger partial charge in [0.2, 0.25) is 5.91 Å². The number of aliphatic imine (C=N–C) groups is 1. The summed E-state index contributed by atoms with van der Waals surface area (Å²) in [5.41, 5.74) is 8.89. The Bertz CT molecular complexity index is 836. The van der Waals surface area contributed by atoms with Crippen molar-refractivity contribution in [1.82, 2.24) is 0 Å². The molecular weight excluding hydrogens is 300 g/mol. The predicted octanol–water partition coefficient (Wildman–Crippen LogP) is 3.18. The van der Waals surface area contributed by atoms with E-state index in [1.165, 1.54) is 0 Å². The van der Waals surface area contributed by atoms with E-state index in [-0.39, 0.29) is 17.7 Å². The summed E-state index contributed by atoms with van der Waals surface area (Å²) in [6, 6.07) is 14.6. The molecule has 4 nitrogen and oxygen atoms in total. The summed E-state index contributed by atoms with van der Waals surface area (Å²) in [7, 11) is 0. The minimum Gasteiger partial charge on any atom is -0.366 e. The van der Waals surface area contributed by atoms with Crippen LogP contribution in [-0.2, 0) is 6.42 Å². The highest BCUT2D eigenvalue weighted by Gasteiger charge is 2.28. The topological polar surface area (TPSA) is 72.5 Å². The lowest BCUT2D eigenvalue weighted by Gasteiger charge is -2.29. The molecule has 0 aromatic heterocycles. The summed E-state index contributed by atoms with van der Waals surface area (Å²) < 4.78 is 0. The lowest BCUT2D eigenvalue weighted by Crippen LogP contribution is -2.30. The van der Waals surface area contributed by atoms with E-state index in [2.05, 4.69) is 0 Å². The van der Waals surface area contributed by atoms with Crippen LogP contribution in [0.5, 0.6) is 0 Å². The molecule has 0 atom stereocenters. The number of fused-ring (bicyclic) bond motifs is 1. The largest absolute Gasteiger partial charge is 0.366 e. The molecule has 4 heteroatoms. The third kappa shape index (κ3) is 3.27. The van der Waals surface area contributed by atoms with Crippen LogP contribution in [-0.4, -0.2) is 22.9 Å². The number of ketones is 1. The number of carbonyl (C=O) groups is 2. The molecule has 0 fully saturated rings. The first-order valence-corrected chi connectivity index (χ1v) is 7.96. The zero-order valence-corrected chi connectivity index (χ0v) is 13.9. The summed E-state index contributed by atoms with van der Waals surface area (Å²) >= 11 is 0. The first kappa shape index (κ1) is 16.1. The van der Waals surface area contributed by atoms with Crippen molar-refractivity contribution in [3.63, 3.8) is 0 Å². The average molecular weight is 320 g/mol. The molecule has 0 unspecified atom stereocenters. The number of benzene rings is 2. The Morgan fingerprint density at radius 1 is 1.08 bits per heavy atom. The van der Waals surface area contributed by atoms with Crippen molar-refractivity contribution in [1.29, 1.82) is 0 Å². The van der Waals surface area contributed by atoms with E-state index in [1.807, 2.05) is 38.1 Å². The maximum Gasteiger partial charge on any atom is 0.248 e. The van der Waals surface area contributed by atoms with Gasteiger partial charge in [0.05, 0.1) is 17.7 Å². The summed E-state index contributed by atoms with van der Waals surface area (Å²) in [5.74, 6) is -0.459. The molecule has 1 aliphatic rings. The van der Waals surface area contributed by atoms with Gasteiger partial charge in [-0.05, 0) is 38.0 Å². The number of rotatable bonds is 4. The Hall–Kier alpha value is -2.75. The fraction of sp³-hybridized carbons (Fsp3) is 0.250. The van der Waals surface area contributed by atoms with Crippen LogP contribution in [0.2, 0.25) is 0 Å². The highest BCUT2D eigenvalue weighted by atomic mass is 16.1. The van der Waals surface area contributed by atoms with Crippen molar-refractivity contribution in [3.8, 4) is 0 Å². The standard InChI is InChI=1S/C20H20N2O2/c1-20(2)12-15-9-8-14(19(21)24)10-16(15)17(22-20)11-18(23)13-6-4-3-5-7-13/h3-10H,11-12H2,1-2H3,(H2,21,24). The van der Waals surface area contributed by atoms with Crippen molar-refractivity contribution >= 4 is 17.4 Å². The van der Waals surface area contributed by atoms with Crippen LogP contribution in [0.1, 0.15) is 52.1 Å². The van der Waals surface area contributed by atoms with Crippen molar-refractivity contribution in [2.24, 2.45) is 10.7 Å². The van der Waals surface area contributed by atoms with Crippen LogP contribution < -0.4 is 5.73 Å². The molecule has 2 aromatic rings. The number of primary amides is 1. The minimum absolute atomic E-state index is 0.0162. The number of hydrogen-bond acceptors (Lipinski definition) is 3. The summed E-state index contributed by atoms with van der Waals surface area (Å²) in [5, 5.41) is 0. The highest BCUT2D eigenvalue weighted by molar-refractivity contribution is 6.17. The first-order valence-electron chi connectivity index (χ1n) is 7.96. The van der Waals surface area contributed by atoms with E-state index >= 15 is 0 Å². The Morgan fingerprint density at radius 3 is 2.46 bits per heavy atom. The maximum atomic E-state index is 12.6. The smallest absolute Gasteiger partial charge is 0.248 e. The monoisotopic (exact) mass is 320 g/mol. The maximum absolute atomic E-state index is 12.6. The fourth-order valence-corrected chi connectivity index (χ4v) is 3.10. The quantitative estimate of drug-likeness (QED) is 0.879. The highest BCUT2D eigenvalue weighted by Crippen LogP contribution is 2.29. The number of carbonyl (C=O) groups excluding carboxylic acids is 2. The molecule has 122 valence electrons. The van der Waals surface area contributed by atoms with Crippen molar-refractivity contribution in [3.05, 3.63) is 70.8 Å². The first-order chi connectivity index (χ1) is 11.4. The van der Waals surface area contributed by atoms with Crippen LogP contribution in [0.25, 0.3) is 0 Å². The van der Waals surface area contributed by atoms with Crippen molar-refractivity contribution in [2.75, 3.05) is 0 Å². The molecule has 2 N–H and O–H groups in total. The molecule has 0 aliphatic carbocycles. The molecule has 0 saturated carbocycles. The normalized spacial score (nSPS) is 15.3. The molecule has 1 aliphatic heterocycles. The second-order valence-electron chi connectivity index (χ2n) is 6.75. The lowest BCUT2D eigenvalue weighted by molar-refractivity contribution is 0.0993. The fourth-order valence-electron chi connectivity index (χ4n) is 3.10. The molecule has 24 heavy (non-hydrogen) atoms. The van der Waals surface area contributed by atoms with Gasteiger partial charge in [0.25, 0.3) is 0 Å². The number of hydrogen-bond donors (Lipinski definition) is 1. The van der Waals surface area contributed by atoms with E-state index in [1.54, 1.807) is 24.3 Å². The molecule has 0 saturated heterocycles. The lowest BCUT2D eigenvalue weighted by atomic mass is 9.84. The Morgan fingerprint density at radius 2 is 1.79 bits per heavy atom. The third-order valence-electron chi connectivity index (χ3n) is 4.19. The Labute approximate surface area is 141 Å². The number of amides is 1. The zero-order chi connectivity index (χ0) is 17.3. The molecule has 1 amide bonds. The minimum atomic E-state index is -0.476. The summed E-state index contributed by atoms with van der Waals surface area (Å²) in [6.45, 7) is 4.09. The van der Waals surface area contributed by atoms with Gasteiger partial charge in [0.1, 0.15) is 0 Å². The van der Waals surface area contributed by atoms with Gasteiger partial charge in [-0.1, -0.05) is 36.4 Å². The van der Waals surface area contributed by atoms with Crippen LogP contribution >= 0.6 is 0 Å². The molecule has 0 bridgehead atoms. The van der Waals surface area contributed by atoms with E-state index in [0.717, 1.165) is 23.3 Å². The average Bonchev–Trinajstić information content (AvgIpc) is 2.54. The van der Waals surface area contributed by atoms with Crippen LogP contribution in [0.4, 0.5) is 0 Å². The molecule has 3 rings (SSSR count). The van der Waals surface area contributed by atoms with E-state index < -0.39 is 5.91 Å².